The van der Waals surface area contributed by atoms with E-state index in [1.807, 2.05) is 0 Å². The molecule has 2 N–H and O–H groups in total. The smallest absolute Gasteiger partial charge is 0.338 e. The molecule has 3 nitrogen and oxygen atoms in total. The fraction of sp³-hybridized carbons (Fsp3) is 0.462. The molecular weight excluding hydrogens is 293 g/mol. The van der Waals surface area contributed by atoms with Crippen molar-refractivity contribution in [2.24, 2.45) is 11.7 Å². The molecule has 0 bridgehead atoms. The third-order valence-corrected chi connectivity index (χ3v) is 3.37. The predicted octanol–water partition coefficient (Wildman–Crippen LogP) is 2.55. The molecule has 0 aromatic heterocycles. The molecule has 1 aliphatic rings. The summed E-state index contributed by atoms with van der Waals surface area (Å²) in [6.45, 7) is 1.35. The summed E-state index contributed by atoms with van der Waals surface area (Å²) in [6.07, 6.45) is -3.77. The number of amides is 1. The zero-order valence-electron chi connectivity index (χ0n) is 10.7. The molecule has 20 heavy (non-hydrogen) atoms. The maximum absolute atomic E-state index is 12.8. The van der Waals surface area contributed by atoms with E-state index in [9.17, 15) is 18.0 Å². The molecule has 0 aliphatic carbocycles. The molecule has 1 heterocycles. The lowest BCUT2D eigenvalue weighted by Crippen LogP contribution is -2.31. The van der Waals surface area contributed by atoms with Gasteiger partial charge in [0.15, 0.2) is 0 Å². The Bertz CT molecular complexity index is 479. The van der Waals surface area contributed by atoms with Crippen LogP contribution in [0.3, 0.4) is 0 Å². The van der Waals surface area contributed by atoms with Gasteiger partial charge in [-0.05, 0) is 31.0 Å². The molecular formula is C13H16ClF3N2O. The molecule has 1 fully saturated rings. The first-order valence-corrected chi connectivity index (χ1v) is 6.09. The highest BCUT2D eigenvalue weighted by Crippen LogP contribution is 2.33. The number of likely N-dealkylation sites (tertiary alicyclic amines) is 1. The first-order valence-electron chi connectivity index (χ1n) is 6.09. The highest BCUT2D eigenvalue weighted by atomic mass is 35.5. The summed E-state index contributed by atoms with van der Waals surface area (Å²) in [5, 5.41) is 0. The topological polar surface area (TPSA) is 46.3 Å². The number of nitrogens with two attached hydrogens (primary N) is 1. The Morgan fingerprint density at radius 2 is 2.00 bits per heavy atom. The van der Waals surface area contributed by atoms with Crippen LogP contribution in [0.1, 0.15) is 22.3 Å². The van der Waals surface area contributed by atoms with Gasteiger partial charge in [0.25, 0.3) is 5.91 Å². The van der Waals surface area contributed by atoms with Crippen LogP contribution < -0.4 is 5.73 Å². The third-order valence-electron chi connectivity index (χ3n) is 3.37. The molecule has 1 amide bonds. The monoisotopic (exact) mass is 308 g/mol. The van der Waals surface area contributed by atoms with Gasteiger partial charge in [-0.1, -0.05) is 12.1 Å². The van der Waals surface area contributed by atoms with Gasteiger partial charge < -0.3 is 10.6 Å². The van der Waals surface area contributed by atoms with E-state index in [-0.39, 0.29) is 23.9 Å². The Morgan fingerprint density at radius 1 is 1.35 bits per heavy atom. The molecule has 1 aromatic rings. The predicted molar refractivity (Wildman–Crippen MR) is 71.8 cm³/mol. The quantitative estimate of drug-likeness (QED) is 0.912. The van der Waals surface area contributed by atoms with Crippen molar-refractivity contribution in [3.8, 4) is 0 Å². The van der Waals surface area contributed by atoms with E-state index >= 15 is 0 Å². The summed E-state index contributed by atoms with van der Waals surface area (Å²) in [5.41, 5.74) is 4.35. The number of carbonyl (C=O) groups is 1. The van der Waals surface area contributed by atoms with Crippen LogP contribution in [-0.4, -0.2) is 30.4 Å². The van der Waals surface area contributed by atoms with E-state index in [1.165, 1.54) is 23.1 Å². The Labute approximate surface area is 121 Å². The van der Waals surface area contributed by atoms with Crippen LogP contribution in [0.2, 0.25) is 0 Å². The van der Waals surface area contributed by atoms with Gasteiger partial charge >= 0.3 is 6.18 Å². The van der Waals surface area contributed by atoms with Crippen molar-refractivity contribution >= 4 is 18.3 Å². The standard InChI is InChI=1S/C13H15F3N2O.ClH/c14-13(15,16)11-4-2-1-3-10(11)12(19)18-6-5-9(7-17)8-18;/h1-4,9H,5-8,17H2;1H. The number of carbonyl (C=O) groups excluding carboxylic acids is 1. The number of benzene rings is 1. The Hall–Kier alpha value is -1.27. The van der Waals surface area contributed by atoms with Gasteiger partial charge in [0.2, 0.25) is 0 Å². The number of hydrogen-bond donors (Lipinski definition) is 1. The average molecular weight is 309 g/mol. The summed E-state index contributed by atoms with van der Waals surface area (Å²) in [5.74, 6) is -0.383. The van der Waals surface area contributed by atoms with Gasteiger partial charge in [0.05, 0.1) is 11.1 Å². The first kappa shape index (κ1) is 16.8. The van der Waals surface area contributed by atoms with Crippen molar-refractivity contribution in [2.45, 2.75) is 12.6 Å². The van der Waals surface area contributed by atoms with Gasteiger partial charge in [-0.2, -0.15) is 13.2 Å². The fourth-order valence-corrected chi connectivity index (χ4v) is 2.30. The minimum atomic E-state index is -4.51. The Balaban J connectivity index is 0.00000200. The highest BCUT2D eigenvalue weighted by molar-refractivity contribution is 5.96. The number of rotatable bonds is 2. The van der Waals surface area contributed by atoms with Crippen molar-refractivity contribution in [3.05, 3.63) is 35.4 Å². The summed E-state index contributed by atoms with van der Waals surface area (Å²) in [4.78, 5) is 13.6. The van der Waals surface area contributed by atoms with Crippen LogP contribution in [-0.2, 0) is 6.18 Å². The van der Waals surface area contributed by atoms with Gasteiger partial charge in [-0.15, -0.1) is 12.4 Å². The molecule has 0 radical (unpaired) electrons. The second kappa shape index (κ2) is 6.45. The van der Waals surface area contributed by atoms with Crippen LogP contribution >= 0.6 is 12.4 Å². The van der Waals surface area contributed by atoms with Crippen molar-refractivity contribution in [3.63, 3.8) is 0 Å². The minimum absolute atomic E-state index is 0. The SMILES string of the molecule is Cl.NCC1CCN(C(=O)c2ccccc2C(F)(F)F)C1. The summed E-state index contributed by atoms with van der Waals surface area (Å²) in [7, 11) is 0. The maximum Gasteiger partial charge on any atom is 0.417 e. The molecule has 7 heteroatoms. The first-order chi connectivity index (χ1) is 8.93. The zero-order chi connectivity index (χ0) is 14.0. The summed E-state index contributed by atoms with van der Waals surface area (Å²) in [6, 6.07) is 4.88. The molecule has 1 aliphatic heterocycles. The lowest BCUT2D eigenvalue weighted by Gasteiger charge is -2.19. The Morgan fingerprint density at radius 3 is 2.55 bits per heavy atom. The molecule has 0 spiro atoms. The van der Waals surface area contributed by atoms with Gasteiger partial charge in [-0.25, -0.2) is 0 Å². The minimum Gasteiger partial charge on any atom is -0.338 e. The van der Waals surface area contributed by atoms with Gasteiger partial charge in [0, 0.05) is 13.1 Å². The average Bonchev–Trinajstić information content (AvgIpc) is 2.85. The molecule has 2 rings (SSSR count). The maximum atomic E-state index is 12.8. The summed E-state index contributed by atoms with van der Waals surface area (Å²) < 4.78 is 38.5. The van der Waals surface area contributed by atoms with E-state index in [0.29, 0.717) is 19.6 Å². The zero-order valence-corrected chi connectivity index (χ0v) is 11.5. The molecule has 112 valence electrons. The van der Waals surface area contributed by atoms with Crippen molar-refractivity contribution in [1.29, 1.82) is 0 Å². The lowest BCUT2D eigenvalue weighted by atomic mass is 10.1. The van der Waals surface area contributed by atoms with Crippen molar-refractivity contribution in [2.75, 3.05) is 19.6 Å². The van der Waals surface area contributed by atoms with E-state index in [4.69, 9.17) is 5.73 Å². The van der Waals surface area contributed by atoms with Crippen LogP contribution in [0.5, 0.6) is 0 Å². The Kier molecular flexibility index (Phi) is 5.42. The molecule has 1 unspecified atom stereocenters. The highest BCUT2D eigenvalue weighted by Gasteiger charge is 2.36. The number of alkyl halides is 3. The van der Waals surface area contributed by atoms with Crippen LogP contribution in [0.25, 0.3) is 0 Å². The third kappa shape index (κ3) is 3.43. The van der Waals surface area contributed by atoms with Crippen LogP contribution in [0.4, 0.5) is 13.2 Å². The molecule has 1 saturated heterocycles. The molecule has 1 aromatic carbocycles. The van der Waals surface area contributed by atoms with E-state index < -0.39 is 17.6 Å². The number of halogens is 4. The fourth-order valence-electron chi connectivity index (χ4n) is 2.30. The second-order valence-electron chi connectivity index (χ2n) is 4.68. The molecule has 0 saturated carbocycles. The van der Waals surface area contributed by atoms with Crippen LogP contribution in [0.15, 0.2) is 24.3 Å². The van der Waals surface area contributed by atoms with E-state index in [2.05, 4.69) is 0 Å². The van der Waals surface area contributed by atoms with Gasteiger partial charge in [-0.3, -0.25) is 4.79 Å². The lowest BCUT2D eigenvalue weighted by molar-refractivity contribution is -0.138. The number of nitrogens with zero attached hydrogens (tertiary/aromatic N) is 1. The van der Waals surface area contributed by atoms with Crippen LogP contribution in [0, 0.1) is 5.92 Å². The summed E-state index contributed by atoms with van der Waals surface area (Å²) >= 11 is 0. The van der Waals surface area contributed by atoms with Crippen molar-refractivity contribution < 1.29 is 18.0 Å². The normalized spacial score (nSPS) is 18.8. The van der Waals surface area contributed by atoms with Crippen molar-refractivity contribution in [1.82, 2.24) is 4.90 Å². The van der Waals surface area contributed by atoms with E-state index in [0.717, 1.165) is 12.5 Å². The largest absolute Gasteiger partial charge is 0.417 e. The van der Waals surface area contributed by atoms with Gasteiger partial charge in [0.1, 0.15) is 0 Å². The second-order valence-corrected chi connectivity index (χ2v) is 4.68. The molecule has 1 atom stereocenters. The van der Waals surface area contributed by atoms with E-state index in [1.54, 1.807) is 0 Å². The number of hydrogen-bond acceptors (Lipinski definition) is 2.